The maximum Gasteiger partial charge on any atom is 0.257 e. The van der Waals surface area contributed by atoms with E-state index in [0.29, 0.717) is 13.1 Å². The quantitative estimate of drug-likeness (QED) is 0.605. The monoisotopic (exact) mass is 272 g/mol. The molecular weight excluding hydrogens is 256 g/mol. The molecule has 104 valence electrons. The Kier molecular flexibility index (Phi) is 5.16. The summed E-state index contributed by atoms with van der Waals surface area (Å²) in [5.74, 6) is -0.446. The average Bonchev–Trinajstić information content (AvgIpc) is 2.49. The number of hydroxylamine groups is 1. The van der Waals surface area contributed by atoms with Gasteiger partial charge in [-0.2, -0.15) is 0 Å². The van der Waals surface area contributed by atoms with Crippen LogP contribution in [0.5, 0.6) is 0 Å². The molecule has 2 N–H and O–H groups in total. The van der Waals surface area contributed by atoms with Crippen LogP contribution in [0.1, 0.15) is 11.1 Å². The van der Waals surface area contributed by atoms with Crippen molar-refractivity contribution in [2.45, 2.75) is 13.1 Å². The second-order valence-corrected chi connectivity index (χ2v) is 4.40. The predicted octanol–water partition coefficient (Wildman–Crippen LogP) is 0.984. The van der Waals surface area contributed by atoms with Crippen LogP contribution in [0.4, 0.5) is 0 Å². The van der Waals surface area contributed by atoms with Crippen LogP contribution in [0, 0.1) is 0 Å². The smallest absolute Gasteiger partial charge is 0.257 e. The fourth-order valence-corrected chi connectivity index (χ4v) is 1.91. The van der Waals surface area contributed by atoms with Gasteiger partial charge in [0.1, 0.15) is 0 Å². The lowest BCUT2D eigenvalue weighted by atomic mass is 10.2. The molecule has 0 radical (unpaired) electrons. The van der Waals surface area contributed by atoms with Crippen LogP contribution in [0.25, 0.3) is 0 Å². The number of hydrogen-bond donors (Lipinski definition) is 2. The largest absolute Gasteiger partial charge is 0.289 e. The summed E-state index contributed by atoms with van der Waals surface area (Å²) < 4.78 is 0. The van der Waals surface area contributed by atoms with Crippen molar-refractivity contribution in [3.63, 3.8) is 0 Å². The minimum Gasteiger partial charge on any atom is -0.289 e. The number of nitrogens with zero attached hydrogens (tertiary/aromatic N) is 3. The summed E-state index contributed by atoms with van der Waals surface area (Å²) in [6.45, 7) is 1.23. The molecule has 0 aliphatic carbocycles. The van der Waals surface area contributed by atoms with E-state index >= 15 is 0 Å². The molecule has 20 heavy (non-hydrogen) atoms. The van der Waals surface area contributed by atoms with Gasteiger partial charge in [0.2, 0.25) is 0 Å². The van der Waals surface area contributed by atoms with Crippen molar-refractivity contribution in [1.82, 2.24) is 20.3 Å². The SMILES string of the molecule is O=C(CN(Cc1cccnc1)Cc1cccnc1)NO. The van der Waals surface area contributed by atoms with Crippen LogP contribution in [0.3, 0.4) is 0 Å². The lowest BCUT2D eigenvalue weighted by Gasteiger charge is -2.21. The molecule has 2 aromatic heterocycles. The van der Waals surface area contributed by atoms with Crippen molar-refractivity contribution in [3.05, 3.63) is 60.2 Å². The van der Waals surface area contributed by atoms with Crippen LogP contribution < -0.4 is 5.48 Å². The molecule has 0 aliphatic heterocycles. The Morgan fingerprint density at radius 2 is 1.65 bits per heavy atom. The third kappa shape index (κ3) is 4.42. The van der Waals surface area contributed by atoms with Crippen molar-refractivity contribution in [2.24, 2.45) is 0 Å². The Bertz CT molecular complexity index is 492. The van der Waals surface area contributed by atoms with Crippen molar-refractivity contribution >= 4 is 5.91 Å². The highest BCUT2D eigenvalue weighted by Gasteiger charge is 2.11. The normalized spacial score (nSPS) is 10.5. The van der Waals surface area contributed by atoms with Gasteiger partial charge in [0.25, 0.3) is 5.91 Å². The van der Waals surface area contributed by atoms with E-state index in [1.54, 1.807) is 30.3 Å². The topological polar surface area (TPSA) is 78.4 Å². The van der Waals surface area contributed by atoms with Crippen LogP contribution in [0.2, 0.25) is 0 Å². The number of carbonyl (C=O) groups is 1. The molecule has 0 bridgehead atoms. The molecule has 0 spiro atoms. The summed E-state index contributed by atoms with van der Waals surface area (Å²) in [5.41, 5.74) is 3.66. The number of nitrogens with one attached hydrogen (secondary N) is 1. The lowest BCUT2D eigenvalue weighted by Crippen LogP contribution is -2.35. The van der Waals surface area contributed by atoms with E-state index in [9.17, 15) is 4.79 Å². The highest BCUT2D eigenvalue weighted by molar-refractivity contribution is 5.76. The summed E-state index contributed by atoms with van der Waals surface area (Å²) in [6.07, 6.45) is 6.92. The zero-order chi connectivity index (χ0) is 14.2. The Labute approximate surface area is 117 Å². The van der Waals surface area contributed by atoms with Gasteiger partial charge in [0.05, 0.1) is 6.54 Å². The Balaban J connectivity index is 2.06. The molecular formula is C14H16N4O2. The number of amides is 1. The van der Waals surface area contributed by atoms with Gasteiger partial charge in [-0.05, 0) is 23.3 Å². The van der Waals surface area contributed by atoms with Crippen LogP contribution in [-0.2, 0) is 17.9 Å². The Morgan fingerprint density at radius 3 is 2.05 bits per heavy atom. The first-order valence-electron chi connectivity index (χ1n) is 6.21. The highest BCUT2D eigenvalue weighted by atomic mass is 16.5. The van der Waals surface area contributed by atoms with E-state index < -0.39 is 5.91 Å². The number of rotatable bonds is 6. The summed E-state index contributed by atoms with van der Waals surface area (Å²) >= 11 is 0. The molecule has 0 aromatic carbocycles. The van der Waals surface area contributed by atoms with Crippen molar-refractivity contribution in [3.8, 4) is 0 Å². The predicted molar refractivity (Wildman–Crippen MR) is 72.5 cm³/mol. The van der Waals surface area contributed by atoms with Gasteiger partial charge in [-0.15, -0.1) is 0 Å². The first-order chi connectivity index (χ1) is 9.78. The molecule has 0 saturated carbocycles. The van der Waals surface area contributed by atoms with Gasteiger partial charge in [-0.3, -0.25) is 24.9 Å². The Hall–Kier alpha value is -2.31. The number of hydrogen-bond acceptors (Lipinski definition) is 5. The second-order valence-electron chi connectivity index (χ2n) is 4.40. The third-order valence-corrected chi connectivity index (χ3v) is 2.75. The van der Waals surface area contributed by atoms with E-state index in [-0.39, 0.29) is 6.54 Å². The van der Waals surface area contributed by atoms with Crippen molar-refractivity contribution in [2.75, 3.05) is 6.54 Å². The maximum atomic E-state index is 11.4. The summed E-state index contributed by atoms with van der Waals surface area (Å²) in [4.78, 5) is 21.4. The molecule has 0 saturated heterocycles. The highest BCUT2D eigenvalue weighted by Crippen LogP contribution is 2.08. The number of carbonyl (C=O) groups excluding carboxylic acids is 1. The fraction of sp³-hybridized carbons (Fsp3) is 0.214. The van der Waals surface area contributed by atoms with Crippen LogP contribution in [-0.4, -0.2) is 32.5 Å². The minimum atomic E-state index is -0.446. The van der Waals surface area contributed by atoms with Gasteiger partial charge in [-0.1, -0.05) is 12.1 Å². The average molecular weight is 272 g/mol. The summed E-state index contributed by atoms with van der Waals surface area (Å²) in [7, 11) is 0. The van der Waals surface area contributed by atoms with E-state index in [4.69, 9.17) is 5.21 Å². The lowest BCUT2D eigenvalue weighted by molar-refractivity contribution is -0.130. The molecule has 1 amide bonds. The summed E-state index contributed by atoms with van der Waals surface area (Å²) in [5, 5.41) is 8.66. The molecule has 2 aromatic rings. The third-order valence-electron chi connectivity index (χ3n) is 2.75. The Morgan fingerprint density at radius 1 is 1.10 bits per heavy atom. The first-order valence-corrected chi connectivity index (χ1v) is 6.21. The van der Waals surface area contributed by atoms with Gasteiger partial charge >= 0.3 is 0 Å². The van der Waals surface area contributed by atoms with Crippen molar-refractivity contribution in [1.29, 1.82) is 0 Å². The van der Waals surface area contributed by atoms with Gasteiger partial charge in [-0.25, -0.2) is 5.48 Å². The van der Waals surface area contributed by atoms with E-state index in [2.05, 4.69) is 9.97 Å². The molecule has 6 nitrogen and oxygen atoms in total. The van der Waals surface area contributed by atoms with Gasteiger partial charge < -0.3 is 0 Å². The first kappa shape index (κ1) is 14.1. The van der Waals surface area contributed by atoms with E-state index in [1.165, 1.54) is 0 Å². The van der Waals surface area contributed by atoms with Gasteiger partial charge in [0, 0.05) is 37.9 Å². The summed E-state index contributed by atoms with van der Waals surface area (Å²) in [6, 6.07) is 7.59. The van der Waals surface area contributed by atoms with Gasteiger partial charge in [0.15, 0.2) is 0 Å². The molecule has 0 atom stereocenters. The van der Waals surface area contributed by atoms with Crippen molar-refractivity contribution < 1.29 is 10.0 Å². The number of aromatic nitrogens is 2. The van der Waals surface area contributed by atoms with E-state index in [1.807, 2.05) is 29.2 Å². The zero-order valence-electron chi connectivity index (χ0n) is 10.9. The van der Waals surface area contributed by atoms with Crippen LogP contribution in [0.15, 0.2) is 49.1 Å². The molecule has 6 heteroatoms. The van der Waals surface area contributed by atoms with E-state index in [0.717, 1.165) is 11.1 Å². The molecule has 0 aliphatic rings. The standard InChI is InChI=1S/C14H16N4O2/c19-14(17-20)11-18(9-12-3-1-5-15-7-12)10-13-4-2-6-16-8-13/h1-8,20H,9-11H2,(H,17,19). The molecule has 2 heterocycles. The molecule has 0 fully saturated rings. The maximum absolute atomic E-state index is 11.4. The zero-order valence-corrected chi connectivity index (χ0v) is 10.9. The molecule has 0 unspecified atom stereocenters. The fourth-order valence-electron chi connectivity index (χ4n) is 1.91. The number of pyridine rings is 2. The molecule has 2 rings (SSSR count). The van der Waals surface area contributed by atoms with Crippen LogP contribution >= 0.6 is 0 Å². The second kappa shape index (κ2) is 7.32. The minimum absolute atomic E-state index is 0.0975.